The van der Waals surface area contributed by atoms with Crippen LogP contribution in [0, 0.1) is 0 Å². The van der Waals surface area contributed by atoms with E-state index in [1.807, 2.05) is 67.7 Å². The van der Waals surface area contributed by atoms with Gasteiger partial charge in [-0.05, 0) is 36.4 Å². The van der Waals surface area contributed by atoms with Crippen molar-refractivity contribution in [1.29, 1.82) is 0 Å². The second-order valence-corrected chi connectivity index (χ2v) is 5.43. The summed E-state index contributed by atoms with van der Waals surface area (Å²) < 4.78 is 5.94. The number of hydrogen-bond donors (Lipinski definition) is 0. The van der Waals surface area contributed by atoms with Crippen LogP contribution in [0.1, 0.15) is 0 Å². The summed E-state index contributed by atoms with van der Waals surface area (Å²) in [6.07, 6.45) is 0. The zero-order chi connectivity index (χ0) is 15.6. The lowest BCUT2D eigenvalue weighted by Crippen LogP contribution is -2.08. The van der Waals surface area contributed by atoms with Crippen LogP contribution in [0.3, 0.4) is 0 Å². The van der Waals surface area contributed by atoms with Crippen LogP contribution in [0.5, 0.6) is 0 Å². The van der Waals surface area contributed by atoms with E-state index >= 15 is 0 Å². The molecule has 0 saturated heterocycles. The van der Waals surface area contributed by atoms with Gasteiger partial charge in [-0.25, -0.2) is 4.98 Å². The Morgan fingerprint density at radius 1 is 0.783 bits per heavy atom. The molecular formula is C20H16N2O. The normalized spacial score (nSPS) is 10.8. The lowest BCUT2D eigenvalue weighted by molar-refractivity contribution is 0.620. The minimum Gasteiger partial charge on any atom is -0.436 e. The summed E-state index contributed by atoms with van der Waals surface area (Å²) in [5, 5.41) is 0. The summed E-state index contributed by atoms with van der Waals surface area (Å²) >= 11 is 0. The highest BCUT2D eigenvalue weighted by molar-refractivity contribution is 5.81. The van der Waals surface area contributed by atoms with Crippen LogP contribution in [0.25, 0.3) is 22.6 Å². The number of anilines is 2. The van der Waals surface area contributed by atoms with Crippen LogP contribution in [0.4, 0.5) is 11.4 Å². The molecule has 4 rings (SSSR count). The van der Waals surface area contributed by atoms with Gasteiger partial charge in [0.2, 0.25) is 5.89 Å². The summed E-state index contributed by atoms with van der Waals surface area (Å²) in [6, 6.07) is 26.3. The quantitative estimate of drug-likeness (QED) is 0.516. The van der Waals surface area contributed by atoms with E-state index in [9.17, 15) is 0 Å². The highest BCUT2D eigenvalue weighted by atomic mass is 16.3. The number of hydrogen-bond acceptors (Lipinski definition) is 3. The first kappa shape index (κ1) is 13.6. The molecule has 0 saturated carbocycles. The van der Waals surface area contributed by atoms with E-state index in [2.05, 4.69) is 28.1 Å². The fourth-order valence-electron chi connectivity index (χ4n) is 2.63. The van der Waals surface area contributed by atoms with E-state index in [4.69, 9.17) is 4.42 Å². The number of oxazole rings is 1. The van der Waals surface area contributed by atoms with Crippen molar-refractivity contribution < 1.29 is 4.42 Å². The van der Waals surface area contributed by atoms with Crippen LogP contribution in [-0.4, -0.2) is 12.0 Å². The van der Waals surface area contributed by atoms with Crippen LogP contribution in [0.2, 0.25) is 0 Å². The Labute approximate surface area is 134 Å². The molecule has 112 valence electrons. The molecule has 0 aliphatic rings. The van der Waals surface area contributed by atoms with E-state index in [1.165, 1.54) is 0 Å². The van der Waals surface area contributed by atoms with Crippen molar-refractivity contribution in [3.63, 3.8) is 0 Å². The predicted molar refractivity (Wildman–Crippen MR) is 94.0 cm³/mol. The molecule has 0 radical (unpaired) electrons. The third kappa shape index (κ3) is 2.57. The predicted octanol–water partition coefficient (Wildman–Crippen LogP) is 5.26. The molecule has 0 aliphatic carbocycles. The van der Waals surface area contributed by atoms with Crippen LogP contribution >= 0.6 is 0 Å². The van der Waals surface area contributed by atoms with Crippen molar-refractivity contribution in [2.75, 3.05) is 11.9 Å². The largest absolute Gasteiger partial charge is 0.436 e. The number of aromatic nitrogens is 1. The van der Waals surface area contributed by atoms with Gasteiger partial charge in [0.05, 0.1) is 0 Å². The van der Waals surface area contributed by atoms with Crippen molar-refractivity contribution in [2.45, 2.75) is 0 Å². The molecule has 0 spiro atoms. The lowest BCUT2D eigenvalue weighted by Gasteiger charge is -2.19. The maximum atomic E-state index is 5.94. The summed E-state index contributed by atoms with van der Waals surface area (Å²) in [6.45, 7) is 0. The molecule has 1 heterocycles. The van der Waals surface area contributed by atoms with Gasteiger partial charge in [-0.2, -0.15) is 0 Å². The second kappa shape index (κ2) is 5.61. The molecule has 0 unspecified atom stereocenters. The molecule has 23 heavy (non-hydrogen) atoms. The number of benzene rings is 3. The minimum absolute atomic E-state index is 0.653. The van der Waals surface area contributed by atoms with E-state index in [-0.39, 0.29) is 0 Å². The molecular weight excluding hydrogens is 284 g/mol. The third-order valence-electron chi connectivity index (χ3n) is 3.92. The fourth-order valence-corrected chi connectivity index (χ4v) is 2.63. The highest BCUT2D eigenvalue weighted by Gasteiger charge is 2.10. The fraction of sp³-hybridized carbons (Fsp3) is 0.0500. The van der Waals surface area contributed by atoms with Gasteiger partial charge in [0.15, 0.2) is 5.58 Å². The first-order chi connectivity index (χ1) is 11.3. The summed E-state index contributed by atoms with van der Waals surface area (Å²) in [7, 11) is 2.05. The SMILES string of the molecule is CN(c1ccccc1)c1ccc2nc(-c3ccccc3)oc2c1. The number of rotatable bonds is 3. The van der Waals surface area contributed by atoms with Crippen molar-refractivity contribution in [3.8, 4) is 11.5 Å². The Morgan fingerprint density at radius 3 is 2.22 bits per heavy atom. The van der Waals surface area contributed by atoms with Crippen molar-refractivity contribution in [3.05, 3.63) is 78.9 Å². The van der Waals surface area contributed by atoms with Gasteiger partial charge in [0.25, 0.3) is 0 Å². The van der Waals surface area contributed by atoms with Gasteiger partial charge in [0, 0.05) is 30.1 Å². The van der Waals surface area contributed by atoms with Gasteiger partial charge in [0.1, 0.15) is 5.52 Å². The zero-order valence-corrected chi connectivity index (χ0v) is 12.8. The first-order valence-electron chi connectivity index (χ1n) is 7.56. The average Bonchev–Trinajstić information content (AvgIpc) is 3.06. The number of nitrogens with zero attached hydrogens (tertiary/aromatic N) is 2. The molecule has 0 amide bonds. The van der Waals surface area contributed by atoms with Gasteiger partial charge in [-0.15, -0.1) is 0 Å². The maximum absolute atomic E-state index is 5.94. The Kier molecular flexibility index (Phi) is 3.31. The van der Waals surface area contributed by atoms with Crippen molar-refractivity contribution in [2.24, 2.45) is 0 Å². The molecule has 0 bridgehead atoms. The van der Waals surface area contributed by atoms with E-state index in [1.54, 1.807) is 0 Å². The van der Waals surface area contributed by atoms with E-state index in [0.29, 0.717) is 5.89 Å². The van der Waals surface area contributed by atoms with Gasteiger partial charge in [-0.1, -0.05) is 36.4 Å². The molecule has 3 aromatic carbocycles. The Bertz CT molecular complexity index is 930. The monoisotopic (exact) mass is 300 g/mol. The Hall–Kier alpha value is -3.07. The van der Waals surface area contributed by atoms with Crippen LogP contribution in [-0.2, 0) is 0 Å². The summed E-state index contributed by atoms with van der Waals surface area (Å²) in [5.41, 5.74) is 4.86. The average molecular weight is 300 g/mol. The molecule has 1 aromatic heterocycles. The molecule has 3 nitrogen and oxygen atoms in total. The van der Waals surface area contributed by atoms with Crippen LogP contribution in [0.15, 0.2) is 83.3 Å². The van der Waals surface area contributed by atoms with Gasteiger partial charge < -0.3 is 9.32 Å². The van der Waals surface area contributed by atoms with E-state index < -0.39 is 0 Å². The smallest absolute Gasteiger partial charge is 0.227 e. The minimum atomic E-state index is 0.653. The highest BCUT2D eigenvalue weighted by Crippen LogP contribution is 2.29. The first-order valence-corrected chi connectivity index (χ1v) is 7.56. The molecule has 3 heteroatoms. The molecule has 0 aliphatic heterocycles. The van der Waals surface area contributed by atoms with Gasteiger partial charge in [-0.3, -0.25) is 0 Å². The van der Waals surface area contributed by atoms with Crippen molar-refractivity contribution >= 4 is 22.5 Å². The zero-order valence-electron chi connectivity index (χ0n) is 12.8. The topological polar surface area (TPSA) is 29.3 Å². The molecule has 0 fully saturated rings. The number of para-hydroxylation sites is 1. The van der Waals surface area contributed by atoms with E-state index in [0.717, 1.165) is 28.0 Å². The van der Waals surface area contributed by atoms with Gasteiger partial charge >= 0.3 is 0 Å². The van der Waals surface area contributed by atoms with Crippen molar-refractivity contribution in [1.82, 2.24) is 4.98 Å². The number of fused-ring (bicyclic) bond motifs is 1. The van der Waals surface area contributed by atoms with Crippen LogP contribution < -0.4 is 4.90 Å². The summed E-state index contributed by atoms with van der Waals surface area (Å²) in [5.74, 6) is 0.653. The summed E-state index contributed by atoms with van der Waals surface area (Å²) in [4.78, 5) is 6.70. The lowest BCUT2D eigenvalue weighted by atomic mass is 10.2. The Morgan fingerprint density at radius 2 is 1.48 bits per heavy atom. The third-order valence-corrected chi connectivity index (χ3v) is 3.92. The molecule has 0 N–H and O–H groups in total. The molecule has 4 aromatic rings. The second-order valence-electron chi connectivity index (χ2n) is 5.43. The standard InChI is InChI=1S/C20H16N2O/c1-22(16-10-6-3-7-11-16)17-12-13-18-19(14-17)23-20(21-18)15-8-4-2-5-9-15/h2-14H,1H3. The molecule has 0 atom stereocenters. The maximum Gasteiger partial charge on any atom is 0.227 e. The Balaban J connectivity index is 1.74.